The van der Waals surface area contributed by atoms with Crippen LogP contribution in [0.2, 0.25) is 0 Å². The molecule has 0 heterocycles. The molecule has 0 amide bonds. The van der Waals surface area contributed by atoms with Gasteiger partial charge in [-0.3, -0.25) is 0 Å². The molecule has 2 atom stereocenters. The Kier molecular flexibility index (Phi) is 6.44. The van der Waals surface area contributed by atoms with E-state index in [4.69, 9.17) is 25.3 Å². The largest absolute Gasteiger partial charge is 0.508 e. The van der Waals surface area contributed by atoms with Crippen molar-refractivity contribution in [2.45, 2.75) is 29.3 Å². The van der Waals surface area contributed by atoms with Gasteiger partial charge in [-0.05, 0) is 78.4 Å². The standard InChI is InChI=1S/C25H26O3S2/c1-17(18-3-9-21(26)10-4-18)15-25(30,20-7-13-23(28)14-8-20)16-24(2,29)19-5-11-22(27)12-6-19/h3-14,26-30H,1,15-16H2,2H3. The van der Waals surface area contributed by atoms with Crippen molar-refractivity contribution in [3.63, 3.8) is 0 Å². The molecule has 3 aromatic rings. The molecule has 0 saturated carbocycles. The monoisotopic (exact) mass is 438 g/mol. The van der Waals surface area contributed by atoms with Crippen LogP contribution >= 0.6 is 25.3 Å². The summed E-state index contributed by atoms with van der Waals surface area (Å²) in [6.07, 6.45) is 1.11. The van der Waals surface area contributed by atoms with E-state index < -0.39 is 9.49 Å². The van der Waals surface area contributed by atoms with Crippen molar-refractivity contribution in [1.82, 2.24) is 0 Å². The molecule has 5 heteroatoms. The molecule has 3 N–H and O–H groups in total. The van der Waals surface area contributed by atoms with Gasteiger partial charge in [0.2, 0.25) is 0 Å². The summed E-state index contributed by atoms with van der Waals surface area (Å²) < 4.78 is -1.17. The van der Waals surface area contributed by atoms with Crippen LogP contribution < -0.4 is 0 Å². The van der Waals surface area contributed by atoms with Gasteiger partial charge in [0.05, 0.1) is 0 Å². The van der Waals surface area contributed by atoms with Crippen molar-refractivity contribution >= 4 is 30.8 Å². The van der Waals surface area contributed by atoms with Gasteiger partial charge in [-0.1, -0.05) is 43.0 Å². The van der Waals surface area contributed by atoms with Crippen molar-refractivity contribution in [3.05, 3.63) is 96.1 Å². The van der Waals surface area contributed by atoms with E-state index in [1.54, 1.807) is 36.4 Å². The lowest BCUT2D eigenvalue weighted by Gasteiger charge is -2.38. The van der Waals surface area contributed by atoms with Crippen LogP contribution in [-0.4, -0.2) is 15.3 Å². The molecule has 0 saturated heterocycles. The minimum atomic E-state index is -0.628. The molecule has 3 aromatic carbocycles. The van der Waals surface area contributed by atoms with E-state index in [1.807, 2.05) is 43.3 Å². The predicted octanol–water partition coefficient (Wildman–Crippen LogP) is 6.27. The van der Waals surface area contributed by atoms with Crippen molar-refractivity contribution in [2.24, 2.45) is 0 Å². The SMILES string of the molecule is C=C(CC(S)(CC(C)(S)c1ccc(O)cc1)c1ccc(O)cc1)c1ccc(O)cc1. The summed E-state index contributed by atoms with van der Waals surface area (Å²) >= 11 is 10.1. The highest BCUT2D eigenvalue weighted by Crippen LogP contribution is 2.48. The number of aromatic hydroxyl groups is 3. The zero-order chi connectivity index (χ0) is 21.9. The highest BCUT2D eigenvalue weighted by molar-refractivity contribution is 7.82. The smallest absolute Gasteiger partial charge is 0.115 e. The van der Waals surface area contributed by atoms with Crippen LogP contribution in [0.25, 0.3) is 5.57 Å². The Morgan fingerprint density at radius 2 is 1.13 bits per heavy atom. The van der Waals surface area contributed by atoms with Crippen molar-refractivity contribution in [2.75, 3.05) is 0 Å². The van der Waals surface area contributed by atoms with Gasteiger partial charge in [-0.2, -0.15) is 25.3 Å². The number of benzene rings is 3. The minimum absolute atomic E-state index is 0.193. The summed E-state index contributed by atoms with van der Waals surface area (Å²) in [4.78, 5) is 0. The van der Waals surface area contributed by atoms with Gasteiger partial charge in [0, 0.05) is 9.49 Å². The maximum atomic E-state index is 9.74. The zero-order valence-electron chi connectivity index (χ0n) is 16.8. The van der Waals surface area contributed by atoms with Crippen LogP contribution in [0.1, 0.15) is 36.5 Å². The van der Waals surface area contributed by atoms with E-state index in [1.165, 1.54) is 0 Å². The number of hydrogen-bond acceptors (Lipinski definition) is 5. The first-order valence-electron chi connectivity index (χ1n) is 9.60. The fourth-order valence-corrected chi connectivity index (χ4v) is 4.88. The third-order valence-electron chi connectivity index (χ3n) is 5.31. The summed E-state index contributed by atoms with van der Waals surface area (Å²) in [5.41, 5.74) is 3.72. The van der Waals surface area contributed by atoms with Crippen LogP contribution in [0, 0.1) is 0 Å². The van der Waals surface area contributed by atoms with Crippen molar-refractivity contribution < 1.29 is 15.3 Å². The number of allylic oxidation sites excluding steroid dienone is 1. The molecule has 3 rings (SSSR count). The number of hydrogen-bond donors (Lipinski definition) is 5. The highest BCUT2D eigenvalue weighted by atomic mass is 32.1. The average Bonchev–Trinajstić information content (AvgIpc) is 2.68. The summed E-state index contributed by atoms with van der Waals surface area (Å²) in [7, 11) is 0. The first-order chi connectivity index (χ1) is 14.1. The molecular weight excluding hydrogens is 412 g/mol. The first-order valence-corrected chi connectivity index (χ1v) is 10.5. The van der Waals surface area contributed by atoms with E-state index in [2.05, 4.69) is 6.58 Å². The van der Waals surface area contributed by atoms with Gasteiger partial charge < -0.3 is 15.3 Å². The number of phenolic OH excluding ortho intramolecular Hbond substituents is 3. The Bertz CT molecular complexity index is 1010. The van der Waals surface area contributed by atoms with E-state index in [9.17, 15) is 15.3 Å². The van der Waals surface area contributed by atoms with E-state index in [-0.39, 0.29) is 17.2 Å². The Labute approximate surface area is 188 Å². The Morgan fingerprint density at radius 1 is 0.733 bits per heavy atom. The van der Waals surface area contributed by atoms with E-state index in [0.717, 1.165) is 22.3 Å². The Balaban J connectivity index is 1.96. The molecule has 0 bridgehead atoms. The topological polar surface area (TPSA) is 60.7 Å². The molecule has 3 nitrogen and oxygen atoms in total. The summed E-state index contributed by atoms with van der Waals surface area (Å²) in [5.74, 6) is 0.607. The zero-order valence-corrected chi connectivity index (χ0v) is 18.6. The molecule has 0 spiro atoms. The summed E-state index contributed by atoms with van der Waals surface area (Å²) in [6, 6.07) is 21.0. The molecule has 30 heavy (non-hydrogen) atoms. The highest BCUT2D eigenvalue weighted by Gasteiger charge is 2.37. The minimum Gasteiger partial charge on any atom is -0.508 e. The number of rotatable bonds is 7. The van der Waals surface area contributed by atoms with Crippen LogP contribution in [0.15, 0.2) is 79.4 Å². The lowest BCUT2D eigenvalue weighted by molar-refractivity contribution is 0.470. The fraction of sp³-hybridized carbons (Fsp3) is 0.200. The average molecular weight is 439 g/mol. The second-order valence-corrected chi connectivity index (χ2v) is 9.75. The molecule has 0 fully saturated rings. The summed E-state index contributed by atoms with van der Waals surface area (Å²) in [6.45, 7) is 6.28. The fourth-order valence-electron chi connectivity index (χ4n) is 3.68. The van der Waals surface area contributed by atoms with Crippen LogP contribution in [0.5, 0.6) is 17.2 Å². The maximum Gasteiger partial charge on any atom is 0.115 e. The molecule has 0 aliphatic heterocycles. The second-order valence-electron chi connectivity index (χ2n) is 7.90. The molecule has 0 aliphatic carbocycles. The van der Waals surface area contributed by atoms with Crippen molar-refractivity contribution in [3.8, 4) is 17.2 Å². The normalized spacial score (nSPS) is 15.2. The maximum absolute atomic E-state index is 9.74. The van der Waals surface area contributed by atoms with Crippen molar-refractivity contribution in [1.29, 1.82) is 0 Å². The second kappa shape index (κ2) is 8.70. The van der Waals surface area contributed by atoms with Gasteiger partial charge in [0.25, 0.3) is 0 Å². The molecule has 0 radical (unpaired) electrons. The molecule has 2 unspecified atom stereocenters. The third-order valence-corrected chi connectivity index (χ3v) is 6.30. The van der Waals surface area contributed by atoms with Crippen LogP contribution in [-0.2, 0) is 9.49 Å². The van der Waals surface area contributed by atoms with E-state index >= 15 is 0 Å². The van der Waals surface area contributed by atoms with Gasteiger partial charge >= 0.3 is 0 Å². The van der Waals surface area contributed by atoms with Crippen LogP contribution in [0.3, 0.4) is 0 Å². The molecular formula is C25H26O3S2. The number of phenols is 3. The molecule has 0 aromatic heterocycles. The Morgan fingerprint density at radius 3 is 1.60 bits per heavy atom. The third kappa shape index (κ3) is 5.15. The summed E-state index contributed by atoms with van der Waals surface area (Å²) in [5, 5.41) is 28.9. The van der Waals surface area contributed by atoms with E-state index in [0.29, 0.717) is 12.8 Å². The lowest BCUT2D eigenvalue weighted by atomic mass is 9.80. The van der Waals surface area contributed by atoms with Gasteiger partial charge in [0.1, 0.15) is 17.2 Å². The molecule has 0 aliphatic rings. The number of thiol groups is 2. The van der Waals surface area contributed by atoms with Gasteiger partial charge in [-0.15, -0.1) is 0 Å². The Hall–Kier alpha value is -2.50. The predicted molar refractivity (Wildman–Crippen MR) is 130 cm³/mol. The quantitative estimate of drug-likeness (QED) is 0.283. The van der Waals surface area contributed by atoms with Crippen LogP contribution in [0.4, 0.5) is 0 Å². The molecule has 156 valence electrons. The van der Waals surface area contributed by atoms with Gasteiger partial charge in [-0.25, -0.2) is 0 Å². The lowest BCUT2D eigenvalue weighted by Crippen LogP contribution is -2.29. The first kappa shape index (κ1) is 22.2. The van der Waals surface area contributed by atoms with Gasteiger partial charge in [0.15, 0.2) is 0 Å².